The van der Waals surface area contributed by atoms with Gasteiger partial charge in [-0.05, 0) is 19.4 Å². The third-order valence-electron chi connectivity index (χ3n) is 2.80. The first-order valence-electron chi connectivity index (χ1n) is 6.90. The van der Waals surface area contributed by atoms with Crippen molar-refractivity contribution < 1.29 is 0 Å². The van der Waals surface area contributed by atoms with E-state index >= 15 is 0 Å². The lowest BCUT2D eigenvalue weighted by Crippen LogP contribution is -2.49. The molecule has 2 aliphatic rings. The van der Waals surface area contributed by atoms with Crippen LogP contribution in [0.2, 0.25) is 0 Å². The van der Waals surface area contributed by atoms with E-state index in [0.29, 0.717) is 0 Å². The largest absolute Gasteiger partial charge is 0.306 e. The van der Waals surface area contributed by atoms with Crippen molar-refractivity contribution in [3.8, 4) is 0 Å². The van der Waals surface area contributed by atoms with Gasteiger partial charge in [-0.15, -0.1) is 0 Å². The number of rotatable bonds is 2. The van der Waals surface area contributed by atoms with Gasteiger partial charge in [0.15, 0.2) is 0 Å². The van der Waals surface area contributed by atoms with Gasteiger partial charge in [-0.1, -0.05) is 39.8 Å². The zero-order chi connectivity index (χ0) is 12.4. The summed E-state index contributed by atoms with van der Waals surface area (Å²) in [6.07, 6.45) is 5.85. The van der Waals surface area contributed by atoms with Crippen LogP contribution in [0.3, 0.4) is 0 Å². The fourth-order valence-corrected chi connectivity index (χ4v) is 2.16. The fraction of sp³-hybridized carbons (Fsp3) is 0.857. The van der Waals surface area contributed by atoms with Gasteiger partial charge >= 0.3 is 0 Å². The van der Waals surface area contributed by atoms with Crippen LogP contribution in [-0.2, 0) is 0 Å². The average molecular weight is 226 g/mol. The number of nitrogens with zero attached hydrogens (tertiary/aromatic N) is 2. The monoisotopic (exact) mass is 226 g/mol. The Kier molecular flexibility index (Phi) is 9.65. The van der Waals surface area contributed by atoms with Crippen LogP contribution in [-0.4, -0.2) is 49.6 Å². The quantitative estimate of drug-likeness (QED) is 0.668. The molecule has 0 bridgehead atoms. The van der Waals surface area contributed by atoms with Crippen LogP contribution in [0.15, 0.2) is 12.2 Å². The van der Waals surface area contributed by atoms with Gasteiger partial charge in [0.1, 0.15) is 0 Å². The molecule has 0 spiro atoms. The fourth-order valence-electron chi connectivity index (χ4n) is 2.16. The van der Waals surface area contributed by atoms with Crippen molar-refractivity contribution in [1.29, 1.82) is 0 Å². The Hall–Kier alpha value is -0.340. The maximum absolute atomic E-state index is 2.57. The lowest BCUT2D eigenvalue weighted by molar-refractivity contribution is 0.0943. The molecule has 2 aliphatic heterocycles. The minimum absolute atomic E-state index is 0.946. The highest BCUT2D eigenvalue weighted by Crippen LogP contribution is 2.15. The third-order valence-corrected chi connectivity index (χ3v) is 2.80. The zero-order valence-corrected chi connectivity index (χ0v) is 11.9. The molecule has 2 heteroatoms. The first kappa shape index (κ1) is 15.7. The smallest absolute Gasteiger partial charge is 0.0163 e. The van der Waals surface area contributed by atoms with Crippen molar-refractivity contribution in [1.82, 2.24) is 9.80 Å². The Morgan fingerprint density at radius 3 is 2.12 bits per heavy atom. The zero-order valence-electron chi connectivity index (χ0n) is 11.9. The molecule has 1 fully saturated rings. The molecule has 2 nitrogen and oxygen atoms in total. The molecule has 0 N–H and O–H groups in total. The summed E-state index contributed by atoms with van der Waals surface area (Å²) in [7, 11) is 2.20. The molecule has 0 aromatic heterocycles. The predicted octanol–water partition coefficient (Wildman–Crippen LogP) is 2.86. The van der Waals surface area contributed by atoms with E-state index in [2.05, 4.69) is 29.0 Å². The number of hydrogen-bond donors (Lipinski definition) is 0. The Bertz CT molecular complexity index is 172. The van der Waals surface area contributed by atoms with Crippen LogP contribution in [0.4, 0.5) is 0 Å². The van der Waals surface area contributed by atoms with Crippen LogP contribution in [0.1, 0.15) is 34.1 Å². The third kappa shape index (κ3) is 5.66. The van der Waals surface area contributed by atoms with E-state index in [1.165, 1.54) is 39.1 Å². The highest BCUT2D eigenvalue weighted by Gasteiger charge is 2.24. The van der Waals surface area contributed by atoms with E-state index in [-0.39, 0.29) is 0 Å². The number of likely N-dealkylation sites (tertiary alicyclic amines) is 1. The van der Waals surface area contributed by atoms with E-state index in [1.807, 2.05) is 27.7 Å². The Morgan fingerprint density at radius 2 is 1.69 bits per heavy atom. The van der Waals surface area contributed by atoms with Gasteiger partial charge in [-0.25, -0.2) is 0 Å². The number of hydrogen-bond acceptors (Lipinski definition) is 2. The molecule has 1 saturated heterocycles. The summed E-state index contributed by atoms with van der Waals surface area (Å²) < 4.78 is 0. The van der Waals surface area contributed by atoms with Gasteiger partial charge in [-0.2, -0.15) is 0 Å². The molecular formula is C14H30N2. The summed E-state index contributed by atoms with van der Waals surface area (Å²) in [5.74, 6) is 0.946. The molecular weight excluding hydrogens is 196 g/mol. The molecule has 2 heterocycles. The van der Waals surface area contributed by atoms with Crippen LogP contribution < -0.4 is 0 Å². The first-order chi connectivity index (χ1) is 7.84. The Morgan fingerprint density at radius 1 is 1.06 bits per heavy atom. The highest BCUT2D eigenvalue weighted by molar-refractivity contribution is 4.92. The van der Waals surface area contributed by atoms with Crippen molar-refractivity contribution >= 4 is 0 Å². The van der Waals surface area contributed by atoms with Crippen LogP contribution in [0.5, 0.6) is 0 Å². The van der Waals surface area contributed by atoms with E-state index in [4.69, 9.17) is 0 Å². The van der Waals surface area contributed by atoms with Crippen molar-refractivity contribution in [3.05, 3.63) is 12.2 Å². The summed E-state index contributed by atoms with van der Waals surface area (Å²) in [5, 5.41) is 0. The topological polar surface area (TPSA) is 6.48 Å². The molecule has 0 amide bonds. The van der Waals surface area contributed by atoms with Crippen LogP contribution in [0.25, 0.3) is 0 Å². The van der Waals surface area contributed by atoms with Crippen molar-refractivity contribution in [2.24, 2.45) is 5.92 Å². The van der Waals surface area contributed by atoms with Gasteiger partial charge in [0.2, 0.25) is 0 Å². The van der Waals surface area contributed by atoms with Crippen LogP contribution in [0, 0.1) is 5.92 Å². The van der Waals surface area contributed by atoms with Gasteiger partial charge in [0, 0.05) is 32.7 Å². The summed E-state index contributed by atoms with van der Waals surface area (Å²) in [4.78, 5) is 4.96. The SMILES string of the molecule is CC.CC.CN1CC(CN2CC=CCC2)C1. The molecule has 0 aromatic rings. The molecule has 0 unspecified atom stereocenters. The normalized spacial score (nSPS) is 21.3. The Balaban J connectivity index is 0.000000509. The average Bonchev–Trinajstić information content (AvgIpc) is 2.34. The second kappa shape index (κ2) is 9.86. The predicted molar refractivity (Wildman–Crippen MR) is 73.9 cm³/mol. The van der Waals surface area contributed by atoms with E-state index in [9.17, 15) is 0 Å². The molecule has 2 rings (SSSR count). The van der Waals surface area contributed by atoms with Crippen molar-refractivity contribution in [2.75, 3.05) is 39.8 Å². The maximum Gasteiger partial charge on any atom is 0.0163 e. The summed E-state index contributed by atoms with van der Waals surface area (Å²) in [6.45, 7) is 14.4. The minimum Gasteiger partial charge on any atom is -0.306 e. The van der Waals surface area contributed by atoms with Gasteiger partial charge < -0.3 is 4.90 Å². The second-order valence-electron chi connectivity index (χ2n) is 4.11. The van der Waals surface area contributed by atoms with Crippen molar-refractivity contribution in [2.45, 2.75) is 34.1 Å². The maximum atomic E-state index is 2.57. The summed E-state index contributed by atoms with van der Waals surface area (Å²) in [6, 6.07) is 0. The van der Waals surface area contributed by atoms with Crippen LogP contribution >= 0.6 is 0 Å². The molecule has 16 heavy (non-hydrogen) atoms. The molecule has 0 aromatic carbocycles. The molecule has 0 aliphatic carbocycles. The first-order valence-corrected chi connectivity index (χ1v) is 6.90. The molecule has 0 atom stereocenters. The summed E-state index contributed by atoms with van der Waals surface area (Å²) >= 11 is 0. The van der Waals surface area contributed by atoms with Gasteiger partial charge in [-0.3, -0.25) is 4.90 Å². The standard InChI is InChI=1S/C10H18N2.2C2H6/c1-11-7-10(8-11)9-12-5-3-2-4-6-12;2*1-2/h2-3,10H,4-9H2,1H3;2*1-2H3. The van der Waals surface area contributed by atoms with E-state index in [1.54, 1.807) is 0 Å². The lowest BCUT2D eigenvalue weighted by Gasteiger charge is -2.39. The van der Waals surface area contributed by atoms with E-state index < -0.39 is 0 Å². The van der Waals surface area contributed by atoms with Gasteiger partial charge in [0.05, 0.1) is 0 Å². The summed E-state index contributed by atoms with van der Waals surface area (Å²) in [5.41, 5.74) is 0. The van der Waals surface area contributed by atoms with Gasteiger partial charge in [0.25, 0.3) is 0 Å². The Labute approximate surface area is 102 Å². The highest BCUT2D eigenvalue weighted by atomic mass is 15.2. The molecule has 0 radical (unpaired) electrons. The second-order valence-corrected chi connectivity index (χ2v) is 4.11. The minimum atomic E-state index is 0.946. The van der Waals surface area contributed by atoms with Crippen molar-refractivity contribution in [3.63, 3.8) is 0 Å². The van der Waals surface area contributed by atoms with E-state index in [0.717, 1.165) is 5.92 Å². The molecule has 0 saturated carbocycles. The lowest BCUT2D eigenvalue weighted by atomic mass is 10.00. The molecule has 96 valence electrons.